The Labute approximate surface area is 80.6 Å². The van der Waals surface area contributed by atoms with Crippen LogP contribution in [0.1, 0.15) is 11.1 Å². The van der Waals surface area contributed by atoms with Gasteiger partial charge in [0, 0.05) is 0 Å². The van der Waals surface area contributed by atoms with Gasteiger partial charge in [0.25, 0.3) is 0 Å². The van der Waals surface area contributed by atoms with E-state index in [4.69, 9.17) is 0 Å². The second-order valence-corrected chi connectivity index (χ2v) is 7.75. The van der Waals surface area contributed by atoms with Crippen molar-refractivity contribution in [1.82, 2.24) is 0 Å². The molecule has 0 atom stereocenters. The fourth-order valence-corrected chi connectivity index (χ4v) is 5.02. The molecule has 0 saturated carbocycles. The predicted molar refractivity (Wildman–Crippen MR) is 60.0 cm³/mol. The Morgan fingerprint density at radius 3 is 1.85 bits per heavy atom. The maximum Gasteiger partial charge on any atom is 0.109 e. The molecule has 0 amide bonds. The molecule has 1 aliphatic rings. The van der Waals surface area contributed by atoms with Crippen molar-refractivity contribution in [3.05, 3.63) is 59.9 Å². The van der Waals surface area contributed by atoms with Gasteiger partial charge < -0.3 is 0 Å². The Morgan fingerprint density at radius 1 is 1.00 bits per heavy atom. The minimum atomic E-state index is -1.36. The van der Waals surface area contributed by atoms with Crippen molar-refractivity contribution in [2.45, 2.75) is 12.1 Å². The molecule has 2 rings (SSSR count). The zero-order valence-electron chi connectivity index (χ0n) is 7.79. The number of hydrogen-bond acceptors (Lipinski definition) is 0. The zero-order chi connectivity index (χ0) is 9.31. The first-order chi connectivity index (χ1) is 6.29. The average Bonchev–Trinajstić information content (AvgIpc) is 2.57. The molecule has 0 bridgehead atoms. The van der Waals surface area contributed by atoms with Gasteiger partial charge in [-0.05, 0) is 23.2 Å². The zero-order valence-corrected chi connectivity index (χ0v) is 8.79. The highest BCUT2D eigenvalue weighted by atomic mass is 28.3. The number of rotatable bonds is 2. The van der Waals surface area contributed by atoms with E-state index < -0.39 is 8.07 Å². The van der Waals surface area contributed by atoms with Gasteiger partial charge in [-0.15, -0.1) is 13.2 Å². The highest BCUT2D eigenvalue weighted by molar-refractivity contribution is 6.88. The Hall–Kier alpha value is -1.08. The SMILES string of the molecule is C=C[Si]1(C=C)Cc2ccccc2C1. The van der Waals surface area contributed by atoms with E-state index in [0.717, 1.165) is 0 Å². The van der Waals surface area contributed by atoms with Crippen LogP contribution in [0.3, 0.4) is 0 Å². The molecule has 0 radical (unpaired) electrons. The monoisotopic (exact) mass is 186 g/mol. The number of benzene rings is 1. The second kappa shape index (κ2) is 3.00. The molecule has 0 aliphatic carbocycles. The topological polar surface area (TPSA) is 0 Å². The summed E-state index contributed by atoms with van der Waals surface area (Å²) in [6.07, 6.45) is 0. The van der Waals surface area contributed by atoms with Gasteiger partial charge >= 0.3 is 0 Å². The lowest BCUT2D eigenvalue weighted by molar-refractivity contribution is 1.35. The summed E-state index contributed by atoms with van der Waals surface area (Å²) < 4.78 is 0. The van der Waals surface area contributed by atoms with Gasteiger partial charge in [-0.2, -0.15) is 0 Å². The van der Waals surface area contributed by atoms with Crippen LogP contribution in [0.5, 0.6) is 0 Å². The third kappa shape index (κ3) is 1.29. The molecule has 1 aliphatic heterocycles. The lowest BCUT2D eigenvalue weighted by atomic mass is 10.1. The van der Waals surface area contributed by atoms with E-state index in [1.165, 1.54) is 23.2 Å². The van der Waals surface area contributed by atoms with E-state index in [0.29, 0.717) is 0 Å². The van der Waals surface area contributed by atoms with Crippen LogP contribution >= 0.6 is 0 Å². The van der Waals surface area contributed by atoms with Crippen molar-refractivity contribution in [3.8, 4) is 0 Å². The quantitative estimate of drug-likeness (QED) is 0.623. The van der Waals surface area contributed by atoms with Crippen molar-refractivity contribution < 1.29 is 0 Å². The summed E-state index contributed by atoms with van der Waals surface area (Å²) in [6.45, 7) is 7.92. The smallest absolute Gasteiger partial charge is 0.107 e. The Kier molecular flexibility index (Phi) is 1.96. The van der Waals surface area contributed by atoms with Crippen molar-refractivity contribution in [3.63, 3.8) is 0 Å². The number of fused-ring (bicyclic) bond motifs is 1. The van der Waals surface area contributed by atoms with E-state index in [1.54, 1.807) is 0 Å². The molecule has 0 N–H and O–H groups in total. The summed E-state index contributed by atoms with van der Waals surface area (Å²) in [6, 6.07) is 11.1. The molecule has 0 aromatic heterocycles. The summed E-state index contributed by atoms with van der Waals surface area (Å²) in [7, 11) is -1.36. The first kappa shape index (κ1) is 8.51. The number of hydrogen-bond donors (Lipinski definition) is 0. The molecule has 0 nitrogen and oxygen atoms in total. The van der Waals surface area contributed by atoms with Crippen molar-refractivity contribution in [2.24, 2.45) is 0 Å². The maximum absolute atomic E-state index is 3.96. The molecule has 0 saturated heterocycles. The van der Waals surface area contributed by atoms with Crippen LogP contribution in [0.2, 0.25) is 0 Å². The second-order valence-electron chi connectivity index (χ2n) is 3.76. The molecule has 0 fully saturated rings. The first-order valence-corrected chi connectivity index (χ1v) is 7.20. The summed E-state index contributed by atoms with van der Waals surface area (Å²) in [5, 5.41) is 0. The minimum Gasteiger partial charge on any atom is -0.107 e. The standard InChI is InChI=1S/C12H14Si/c1-3-13(4-2)9-11-7-5-6-8-12(11)10-13/h3-8H,1-2,9-10H2. The molecule has 1 heteroatoms. The van der Waals surface area contributed by atoms with Gasteiger partial charge in [0.2, 0.25) is 0 Å². The predicted octanol–water partition coefficient (Wildman–Crippen LogP) is 2.76. The summed E-state index contributed by atoms with van der Waals surface area (Å²) in [5.74, 6) is 0. The van der Waals surface area contributed by atoms with Gasteiger partial charge in [0.05, 0.1) is 0 Å². The van der Waals surface area contributed by atoms with Crippen LogP contribution < -0.4 is 0 Å². The van der Waals surface area contributed by atoms with Crippen LogP contribution in [-0.2, 0) is 12.1 Å². The molecule has 0 unspecified atom stereocenters. The van der Waals surface area contributed by atoms with E-state index in [2.05, 4.69) is 48.8 Å². The minimum absolute atomic E-state index is 1.20. The maximum atomic E-state index is 3.96. The van der Waals surface area contributed by atoms with E-state index in [-0.39, 0.29) is 0 Å². The molecule has 13 heavy (non-hydrogen) atoms. The fourth-order valence-electron chi connectivity index (χ4n) is 2.05. The Balaban J connectivity index is 2.41. The van der Waals surface area contributed by atoms with Crippen LogP contribution in [0, 0.1) is 0 Å². The molecular formula is C12H14Si. The van der Waals surface area contributed by atoms with Gasteiger partial charge in [-0.25, -0.2) is 0 Å². The molecule has 1 aromatic carbocycles. The first-order valence-electron chi connectivity index (χ1n) is 4.64. The largest absolute Gasteiger partial charge is 0.109 e. The molecular weight excluding hydrogens is 172 g/mol. The van der Waals surface area contributed by atoms with Gasteiger partial charge in [-0.3, -0.25) is 0 Å². The van der Waals surface area contributed by atoms with E-state index >= 15 is 0 Å². The van der Waals surface area contributed by atoms with Crippen molar-refractivity contribution in [2.75, 3.05) is 0 Å². The fraction of sp³-hybridized carbons (Fsp3) is 0.167. The third-order valence-electron chi connectivity index (χ3n) is 2.97. The van der Waals surface area contributed by atoms with E-state index in [1.807, 2.05) is 0 Å². The lowest BCUT2D eigenvalue weighted by Crippen LogP contribution is -2.31. The third-order valence-corrected chi connectivity index (χ3v) is 6.67. The Bertz CT molecular complexity index is 317. The van der Waals surface area contributed by atoms with Crippen LogP contribution in [0.25, 0.3) is 0 Å². The molecule has 0 spiro atoms. The summed E-state index contributed by atoms with van der Waals surface area (Å²) >= 11 is 0. The Morgan fingerprint density at radius 2 is 1.46 bits per heavy atom. The summed E-state index contributed by atoms with van der Waals surface area (Å²) in [5.41, 5.74) is 7.35. The molecule has 1 aromatic rings. The molecule has 66 valence electrons. The lowest BCUT2D eigenvalue weighted by Gasteiger charge is -2.15. The highest BCUT2D eigenvalue weighted by Crippen LogP contribution is 2.29. The van der Waals surface area contributed by atoms with Crippen LogP contribution in [-0.4, -0.2) is 8.07 Å². The van der Waals surface area contributed by atoms with Crippen LogP contribution in [0.4, 0.5) is 0 Å². The highest BCUT2D eigenvalue weighted by Gasteiger charge is 2.33. The van der Waals surface area contributed by atoms with Gasteiger partial charge in [0.15, 0.2) is 0 Å². The van der Waals surface area contributed by atoms with Crippen molar-refractivity contribution in [1.29, 1.82) is 0 Å². The van der Waals surface area contributed by atoms with Gasteiger partial charge in [0.1, 0.15) is 8.07 Å². The summed E-state index contributed by atoms with van der Waals surface area (Å²) in [4.78, 5) is 0. The average molecular weight is 186 g/mol. The van der Waals surface area contributed by atoms with E-state index in [9.17, 15) is 0 Å². The van der Waals surface area contributed by atoms with Gasteiger partial charge in [-0.1, -0.05) is 35.7 Å². The molecule has 1 heterocycles. The van der Waals surface area contributed by atoms with Crippen molar-refractivity contribution >= 4 is 8.07 Å². The van der Waals surface area contributed by atoms with Crippen LogP contribution in [0.15, 0.2) is 48.8 Å². The normalized spacial score (nSPS) is 17.8.